The van der Waals surface area contributed by atoms with E-state index in [-0.39, 0.29) is 11.9 Å². The van der Waals surface area contributed by atoms with E-state index in [4.69, 9.17) is 4.74 Å². The molecule has 0 saturated carbocycles. The maximum Gasteiger partial charge on any atom is 0.319 e. The van der Waals surface area contributed by atoms with Crippen molar-refractivity contribution in [3.63, 3.8) is 0 Å². The number of ether oxygens (including phenoxy) is 1. The van der Waals surface area contributed by atoms with Gasteiger partial charge in [-0.3, -0.25) is 4.79 Å². The van der Waals surface area contributed by atoms with E-state index in [0.717, 1.165) is 12.8 Å². The highest BCUT2D eigenvalue weighted by Gasteiger charge is 2.08. The minimum Gasteiger partial charge on any atom is -0.495 e. The number of nitrogens with one attached hydrogen (secondary N) is 3. The zero-order valence-corrected chi connectivity index (χ0v) is 12.1. The number of urea groups is 1. The van der Waals surface area contributed by atoms with Crippen LogP contribution in [-0.4, -0.2) is 25.6 Å². The van der Waals surface area contributed by atoms with Crippen LogP contribution >= 0.6 is 0 Å². The number of hydrogen-bond donors (Lipinski definition) is 3. The molecule has 6 heteroatoms. The van der Waals surface area contributed by atoms with Crippen molar-refractivity contribution in [2.45, 2.75) is 26.7 Å². The SMILES string of the molecule is CCCCNC(=O)Nc1cc(NC(C)=O)ccc1OC. The molecular weight excluding hydrogens is 258 g/mol. The maximum atomic E-state index is 11.7. The van der Waals surface area contributed by atoms with Crippen LogP contribution in [0, 0.1) is 0 Å². The van der Waals surface area contributed by atoms with Gasteiger partial charge in [-0.05, 0) is 24.6 Å². The molecule has 0 aromatic heterocycles. The highest BCUT2D eigenvalue weighted by atomic mass is 16.5. The molecule has 1 aromatic rings. The summed E-state index contributed by atoms with van der Waals surface area (Å²) in [6, 6.07) is 4.75. The van der Waals surface area contributed by atoms with Crippen molar-refractivity contribution in [1.82, 2.24) is 5.32 Å². The summed E-state index contributed by atoms with van der Waals surface area (Å²) in [4.78, 5) is 22.8. The van der Waals surface area contributed by atoms with Gasteiger partial charge in [0.05, 0.1) is 12.8 Å². The van der Waals surface area contributed by atoms with Crippen molar-refractivity contribution < 1.29 is 14.3 Å². The third-order valence-electron chi connectivity index (χ3n) is 2.58. The lowest BCUT2D eigenvalue weighted by atomic mass is 10.2. The number of amides is 3. The summed E-state index contributed by atoms with van der Waals surface area (Å²) in [7, 11) is 1.52. The van der Waals surface area contributed by atoms with Crippen LogP contribution in [0.4, 0.5) is 16.2 Å². The fourth-order valence-electron chi connectivity index (χ4n) is 1.63. The molecule has 0 saturated heterocycles. The average molecular weight is 279 g/mol. The van der Waals surface area contributed by atoms with Gasteiger partial charge >= 0.3 is 6.03 Å². The van der Waals surface area contributed by atoms with Gasteiger partial charge in [0, 0.05) is 19.2 Å². The predicted molar refractivity (Wildman–Crippen MR) is 79.2 cm³/mol. The smallest absolute Gasteiger partial charge is 0.319 e. The summed E-state index contributed by atoms with van der Waals surface area (Å²) in [5.41, 5.74) is 1.11. The molecule has 20 heavy (non-hydrogen) atoms. The summed E-state index contributed by atoms with van der Waals surface area (Å²) in [6.07, 6.45) is 1.94. The third kappa shape index (κ3) is 5.17. The van der Waals surface area contributed by atoms with Gasteiger partial charge in [-0.2, -0.15) is 0 Å². The molecule has 0 spiro atoms. The minimum atomic E-state index is -0.295. The predicted octanol–water partition coefficient (Wildman–Crippen LogP) is 2.58. The Morgan fingerprint density at radius 2 is 2.00 bits per heavy atom. The topological polar surface area (TPSA) is 79.5 Å². The normalized spacial score (nSPS) is 9.75. The highest BCUT2D eigenvalue weighted by Crippen LogP contribution is 2.27. The summed E-state index contributed by atoms with van der Waals surface area (Å²) >= 11 is 0. The number of hydrogen-bond acceptors (Lipinski definition) is 3. The van der Waals surface area contributed by atoms with Gasteiger partial charge < -0.3 is 20.7 Å². The molecule has 1 rings (SSSR count). The molecule has 1 aromatic carbocycles. The monoisotopic (exact) mass is 279 g/mol. The molecule has 0 atom stereocenters. The molecule has 3 N–H and O–H groups in total. The Kier molecular flexibility index (Phi) is 6.36. The number of methoxy groups -OCH3 is 1. The molecule has 110 valence electrons. The Balaban J connectivity index is 2.74. The summed E-state index contributed by atoms with van der Waals surface area (Å²) < 4.78 is 5.18. The quantitative estimate of drug-likeness (QED) is 0.700. The number of carbonyl (C=O) groups excluding carboxylic acids is 2. The minimum absolute atomic E-state index is 0.173. The zero-order valence-electron chi connectivity index (χ0n) is 12.1. The summed E-state index contributed by atoms with van der Waals surface area (Å²) in [6.45, 7) is 4.10. The lowest BCUT2D eigenvalue weighted by molar-refractivity contribution is -0.114. The number of benzene rings is 1. The van der Waals surface area contributed by atoms with Crippen LogP contribution in [-0.2, 0) is 4.79 Å². The van der Waals surface area contributed by atoms with Crippen LogP contribution < -0.4 is 20.7 Å². The van der Waals surface area contributed by atoms with Crippen molar-refractivity contribution in [3.05, 3.63) is 18.2 Å². The first kappa shape index (κ1) is 15.8. The van der Waals surface area contributed by atoms with Crippen molar-refractivity contribution in [2.75, 3.05) is 24.3 Å². The van der Waals surface area contributed by atoms with Gasteiger partial charge in [0.25, 0.3) is 0 Å². The lowest BCUT2D eigenvalue weighted by Gasteiger charge is -2.13. The van der Waals surface area contributed by atoms with Gasteiger partial charge in [-0.1, -0.05) is 13.3 Å². The molecule has 0 aliphatic heterocycles. The largest absolute Gasteiger partial charge is 0.495 e. The second kappa shape index (κ2) is 8.04. The molecule has 0 fully saturated rings. The van der Waals surface area contributed by atoms with Crippen LogP contribution in [0.1, 0.15) is 26.7 Å². The number of unbranched alkanes of at least 4 members (excludes halogenated alkanes) is 1. The average Bonchev–Trinajstić information content (AvgIpc) is 2.38. The lowest BCUT2D eigenvalue weighted by Crippen LogP contribution is -2.29. The van der Waals surface area contributed by atoms with Crippen LogP contribution in [0.25, 0.3) is 0 Å². The van der Waals surface area contributed by atoms with Crippen LogP contribution in [0.15, 0.2) is 18.2 Å². The van der Waals surface area contributed by atoms with Crippen LogP contribution in [0.5, 0.6) is 5.75 Å². The van der Waals surface area contributed by atoms with Gasteiger partial charge in [0.2, 0.25) is 5.91 Å². The van der Waals surface area contributed by atoms with Gasteiger partial charge in [0.1, 0.15) is 5.75 Å². The number of anilines is 2. The first-order valence-corrected chi connectivity index (χ1v) is 6.57. The standard InChI is InChI=1S/C14H21N3O3/c1-4-5-8-15-14(19)17-12-9-11(16-10(2)18)6-7-13(12)20-3/h6-7,9H,4-5,8H2,1-3H3,(H,16,18)(H2,15,17,19). The van der Waals surface area contributed by atoms with Crippen molar-refractivity contribution in [3.8, 4) is 5.75 Å². The van der Waals surface area contributed by atoms with Crippen molar-refractivity contribution in [1.29, 1.82) is 0 Å². The second-order valence-electron chi connectivity index (χ2n) is 4.33. The molecule has 0 aliphatic rings. The number of carbonyl (C=O) groups is 2. The number of rotatable bonds is 6. The van der Waals surface area contributed by atoms with Gasteiger partial charge in [-0.25, -0.2) is 4.79 Å². The fourth-order valence-corrected chi connectivity index (χ4v) is 1.63. The molecule has 0 bridgehead atoms. The molecule has 0 heterocycles. The molecule has 3 amide bonds. The Morgan fingerprint density at radius 1 is 1.25 bits per heavy atom. The molecule has 6 nitrogen and oxygen atoms in total. The van der Waals surface area contributed by atoms with Crippen molar-refractivity contribution >= 4 is 23.3 Å². The Bertz CT molecular complexity index is 475. The van der Waals surface area contributed by atoms with E-state index >= 15 is 0 Å². The van der Waals surface area contributed by atoms with Crippen LogP contribution in [0.3, 0.4) is 0 Å². The first-order valence-electron chi connectivity index (χ1n) is 6.57. The molecule has 0 radical (unpaired) electrons. The third-order valence-corrected chi connectivity index (χ3v) is 2.58. The van der Waals surface area contributed by atoms with E-state index in [1.165, 1.54) is 14.0 Å². The Hall–Kier alpha value is -2.24. The molecule has 0 aliphatic carbocycles. The van der Waals surface area contributed by atoms with Gasteiger partial charge in [-0.15, -0.1) is 0 Å². The van der Waals surface area contributed by atoms with Crippen molar-refractivity contribution in [2.24, 2.45) is 0 Å². The van der Waals surface area contributed by atoms with E-state index in [9.17, 15) is 9.59 Å². The van der Waals surface area contributed by atoms with Gasteiger partial charge in [0.15, 0.2) is 0 Å². The Morgan fingerprint density at radius 3 is 2.60 bits per heavy atom. The summed E-state index contributed by atoms with van der Waals surface area (Å²) in [5.74, 6) is 0.359. The van der Waals surface area contributed by atoms with E-state index in [1.807, 2.05) is 0 Å². The second-order valence-corrected chi connectivity index (χ2v) is 4.33. The molecular formula is C14H21N3O3. The highest BCUT2D eigenvalue weighted by molar-refractivity contribution is 5.94. The Labute approximate surface area is 118 Å². The molecule has 0 unspecified atom stereocenters. The van der Waals surface area contributed by atoms with E-state index in [0.29, 0.717) is 23.7 Å². The van der Waals surface area contributed by atoms with E-state index < -0.39 is 0 Å². The van der Waals surface area contributed by atoms with E-state index in [2.05, 4.69) is 22.9 Å². The van der Waals surface area contributed by atoms with Crippen LogP contribution in [0.2, 0.25) is 0 Å². The zero-order chi connectivity index (χ0) is 15.0. The first-order chi connectivity index (χ1) is 9.56. The maximum absolute atomic E-state index is 11.7. The fraction of sp³-hybridized carbons (Fsp3) is 0.429. The van der Waals surface area contributed by atoms with E-state index in [1.54, 1.807) is 18.2 Å². The summed E-state index contributed by atoms with van der Waals surface area (Å²) in [5, 5.41) is 8.11.